The van der Waals surface area contributed by atoms with Gasteiger partial charge in [-0.1, -0.05) is 29.8 Å². The number of benzene rings is 1. The number of amides is 1. The topological polar surface area (TPSA) is 49.3 Å². The van der Waals surface area contributed by atoms with Crippen LogP contribution in [0.1, 0.15) is 23.1 Å². The van der Waals surface area contributed by atoms with Crippen molar-refractivity contribution in [3.05, 3.63) is 52.2 Å². The Kier molecular flexibility index (Phi) is 4.57. The minimum Gasteiger partial charge on any atom is -0.350 e. The Labute approximate surface area is 152 Å². The number of piperazine rings is 1. The van der Waals surface area contributed by atoms with E-state index in [-0.39, 0.29) is 5.91 Å². The molecule has 0 spiro atoms. The van der Waals surface area contributed by atoms with Gasteiger partial charge in [-0.05, 0) is 42.0 Å². The zero-order valence-corrected chi connectivity index (χ0v) is 14.9. The highest BCUT2D eigenvalue weighted by molar-refractivity contribution is 6.32. The van der Waals surface area contributed by atoms with Gasteiger partial charge in [0.05, 0.1) is 17.6 Å². The predicted octanol–water partition coefficient (Wildman–Crippen LogP) is 2.51. The third-order valence-corrected chi connectivity index (χ3v) is 5.40. The average molecular weight is 357 g/mol. The molecule has 1 aromatic carbocycles. The highest BCUT2D eigenvalue weighted by atomic mass is 35.5. The fourth-order valence-electron chi connectivity index (χ4n) is 3.71. The second-order valence-electron chi connectivity index (χ2n) is 6.70. The summed E-state index contributed by atoms with van der Waals surface area (Å²) >= 11 is 6.19. The molecule has 1 fully saturated rings. The van der Waals surface area contributed by atoms with Crippen LogP contribution in [0.4, 0.5) is 5.82 Å². The maximum atomic E-state index is 12.6. The third-order valence-electron chi connectivity index (χ3n) is 5.10. The lowest BCUT2D eigenvalue weighted by Gasteiger charge is -2.35. The highest BCUT2D eigenvalue weighted by Gasteiger charge is 2.23. The van der Waals surface area contributed by atoms with Crippen molar-refractivity contribution in [1.29, 1.82) is 0 Å². The predicted molar refractivity (Wildman–Crippen MR) is 98.0 cm³/mol. The van der Waals surface area contributed by atoms with Crippen LogP contribution in [0.15, 0.2) is 30.5 Å². The van der Waals surface area contributed by atoms with Crippen LogP contribution in [0.5, 0.6) is 0 Å². The molecule has 130 valence electrons. The molecule has 0 atom stereocenters. The lowest BCUT2D eigenvalue weighted by molar-refractivity contribution is -0.130. The zero-order valence-electron chi connectivity index (χ0n) is 14.1. The first-order valence-corrected chi connectivity index (χ1v) is 9.19. The summed E-state index contributed by atoms with van der Waals surface area (Å²) in [7, 11) is 0. The van der Waals surface area contributed by atoms with E-state index in [1.54, 1.807) is 12.3 Å². The molecule has 2 aromatic rings. The summed E-state index contributed by atoms with van der Waals surface area (Å²) in [6, 6.07) is 8.27. The Hall–Kier alpha value is -2.14. The van der Waals surface area contributed by atoms with Crippen LogP contribution in [0.2, 0.25) is 5.02 Å². The number of fused-ring (bicyclic) bond motifs is 1. The van der Waals surface area contributed by atoms with Gasteiger partial charge in [-0.2, -0.15) is 5.10 Å². The molecule has 1 aliphatic heterocycles. The number of nitrogens with zero attached hydrogens (tertiary/aromatic N) is 4. The summed E-state index contributed by atoms with van der Waals surface area (Å²) in [5.74, 6) is 0.901. The van der Waals surface area contributed by atoms with Crippen molar-refractivity contribution in [1.82, 2.24) is 15.1 Å². The number of carbonyl (C=O) groups is 1. The first kappa shape index (κ1) is 16.3. The number of carbonyl (C=O) groups excluding carboxylic acids is 1. The van der Waals surface area contributed by atoms with Crippen molar-refractivity contribution >= 4 is 23.3 Å². The number of hydrogen-bond donors (Lipinski definition) is 0. The molecule has 1 saturated heterocycles. The van der Waals surface area contributed by atoms with Crippen LogP contribution < -0.4 is 4.90 Å². The van der Waals surface area contributed by atoms with E-state index in [0.717, 1.165) is 25.1 Å². The number of halogens is 1. The molecular weight excluding hydrogens is 336 g/mol. The SMILES string of the molecule is O=C(Cc1ccc2c(c1)CCC2)N1CCN(c2nnccc2Cl)CC1. The molecule has 0 unspecified atom stereocenters. The van der Waals surface area contributed by atoms with E-state index in [4.69, 9.17) is 11.6 Å². The molecule has 4 rings (SSSR count). The number of aryl methyl sites for hydroxylation is 2. The number of rotatable bonds is 3. The van der Waals surface area contributed by atoms with E-state index >= 15 is 0 Å². The van der Waals surface area contributed by atoms with E-state index in [2.05, 4.69) is 33.3 Å². The van der Waals surface area contributed by atoms with Gasteiger partial charge in [-0.15, -0.1) is 5.10 Å². The fraction of sp³-hybridized carbons (Fsp3) is 0.421. The Bertz CT molecular complexity index is 787. The van der Waals surface area contributed by atoms with Crippen LogP contribution in [-0.4, -0.2) is 47.2 Å². The summed E-state index contributed by atoms with van der Waals surface area (Å²) < 4.78 is 0. The van der Waals surface area contributed by atoms with Crippen molar-refractivity contribution in [2.45, 2.75) is 25.7 Å². The molecule has 25 heavy (non-hydrogen) atoms. The molecular formula is C19H21ClN4O. The second-order valence-corrected chi connectivity index (χ2v) is 7.11. The van der Waals surface area contributed by atoms with Gasteiger partial charge < -0.3 is 9.80 Å². The Morgan fingerprint density at radius 1 is 1.08 bits per heavy atom. The van der Waals surface area contributed by atoms with Gasteiger partial charge in [0.2, 0.25) is 5.91 Å². The largest absolute Gasteiger partial charge is 0.350 e. The molecule has 0 saturated carbocycles. The lowest BCUT2D eigenvalue weighted by Crippen LogP contribution is -2.49. The first-order valence-electron chi connectivity index (χ1n) is 8.81. The zero-order chi connectivity index (χ0) is 17.2. The van der Waals surface area contributed by atoms with Crippen molar-refractivity contribution in [2.24, 2.45) is 0 Å². The number of hydrogen-bond acceptors (Lipinski definition) is 4. The van der Waals surface area contributed by atoms with E-state index < -0.39 is 0 Å². The summed E-state index contributed by atoms with van der Waals surface area (Å²) in [6.45, 7) is 2.84. The molecule has 2 heterocycles. The normalized spacial score (nSPS) is 16.8. The second kappa shape index (κ2) is 7.00. The van der Waals surface area contributed by atoms with Crippen molar-refractivity contribution in [3.63, 3.8) is 0 Å². The maximum absolute atomic E-state index is 12.6. The maximum Gasteiger partial charge on any atom is 0.227 e. The van der Waals surface area contributed by atoms with Gasteiger partial charge in [0.15, 0.2) is 5.82 Å². The van der Waals surface area contributed by atoms with Crippen LogP contribution >= 0.6 is 11.6 Å². The molecule has 1 aromatic heterocycles. The van der Waals surface area contributed by atoms with Gasteiger partial charge in [-0.25, -0.2) is 0 Å². The third kappa shape index (κ3) is 3.47. The Morgan fingerprint density at radius 3 is 2.68 bits per heavy atom. The van der Waals surface area contributed by atoms with E-state index in [9.17, 15) is 4.79 Å². The van der Waals surface area contributed by atoms with Crippen molar-refractivity contribution < 1.29 is 4.79 Å². The monoisotopic (exact) mass is 356 g/mol. The molecule has 0 bridgehead atoms. The van der Waals surface area contributed by atoms with Gasteiger partial charge in [0.1, 0.15) is 0 Å². The van der Waals surface area contributed by atoms with Crippen LogP contribution in [0.3, 0.4) is 0 Å². The molecule has 0 radical (unpaired) electrons. The first-order chi connectivity index (χ1) is 12.2. The quantitative estimate of drug-likeness (QED) is 0.848. The van der Waals surface area contributed by atoms with Crippen molar-refractivity contribution in [3.8, 4) is 0 Å². The average Bonchev–Trinajstić information content (AvgIpc) is 3.10. The summed E-state index contributed by atoms with van der Waals surface area (Å²) in [4.78, 5) is 16.7. The van der Waals surface area contributed by atoms with Crippen LogP contribution in [0, 0.1) is 0 Å². The molecule has 1 aliphatic carbocycles. The highest BCUT2D eigenvalue weighted by Crippen LogP contribution is 2.24. The minimum atomic E-state index is 0.197. The molecule has 0 N–H and O–H groups in total. The summed E-state index contributed by atoms with van der Waals surface area (Å²) in [5.41, 5.74) is 4.00. The van der Waals surface area contributed by atoms with E-state index in [0.29, 0.717) is 30.4 Å². The smallest absolute Gasteiger partial charge is 0.227 e. The number of anilines is 1. The summed E-state index contributed by atoms with van der Waals surface area (Å²) in [5, 5.41) is 8.62. The molecule has 2 aliphatic rings. The Morgan fingerprint density at radius 2 is 1.88 bits per heavy atom. The van der Waals surface area contributed by atoms with Crippen LogP contribution in [0.25, 0.3) is 0 Å². The molecule has 5 nitrogen and oxygen atoms in total. The molecule has 6 heteroatoms. The van der Waals surface area contributed by atoms with Crippen LogP contribution in [-0.2, 0) is 24.1 Å². The van der Waals surface area contributed by atoms with Gasteiger partial charge in [0, 0.05) is 26.2 Å². The molecule has 1 amide bonds. The van der Waals surface area contributed by atoms with Gasteiger partial charge in [-0.3, -0.25) is 4.79 Å². The van der Waals surface area contributed by atoms with Gasteiger partial charge in [0.25, 0.3) is 0 Å². The Balaban J connectivity index is 1.36. The lowest BCUT2D eigenvalue weighted by atomic mass is 10.0. The van der Waals surface area contributed by atoms with E-state index in [1.807, 2.05) is 4.90 Å². The summed E-state index contributed by atoms with van der Waals surface area (Å²) in [6.07, 6.45) is 5.63. The standard InChI is InChI=1S/C19H21ClN4O/c20-17-6-7-21-22-19(17)24-10-8-23(9-11-24)18(25)13-14-4-5-15-2-1-3-16(15)12-14/h4-7,12H,1-3,8-11,13H2. The van der Waals surface area contributed by atoms with Crippen molar-refractivity contribution in [2.75, 3.05) is 31.1 Å². The number of aromatic nitrogens is 2. The van der Waals surface area contributed by atoms with Gasteiger partial charge >= 0.3 is 0 Å². The fourth-order valence-corrected chi connectivity index (χ4v) is 3.93. The van der Waals surface area contributed by atoms with E-state index in [1.165, 1.54) is 24.0 Å². The minimum absolute atomic E-state index is 0.197.